The molecule has 0 fully saturated rings. The maximum atomic E-state index is 12.1. The summed E-state index contributed by atoms with van der Waals surface area (Å²) >= 11 is 1.49. The molecule has 3 heterocycles. The van der Waals surface area contributed by atoms with Gasteiger partial charge < -0.3 is 9.84 Å². The highest BCUT2D eigenvalue weighted by Crippen LogP contribution is 2.31. The quantitative estimate of drug-likeness (QED) is 0.855. The van der Waals surface area contributed by atoms with Gasteiger partial charge in [-0.2, -0.15) is 0 Å². The van der Waals surface area contributed by atoms with E-state index < -0.39 is 0 Å². The van der Waals surface area contributed by atoms with E-state index in [2.05, 4.69) is 20.0 Å². The SMILES string of the molecule is Cc1cnc2n(c1=O)[C@H](CC(=O)Nc1ccon1)CS2. The molecule has 0 unspecified atom stereocenters. The molecule has 0 aliphatic carbocycles. The summed E-state index contributed by atoms with van der Waals surface area (Å²) in [6.45, 7) is 1.72. The van der Waals surface area contributed by atoms with Gasteiger partial charge in [-0.25, -0.2) is 4.98 Å². The minimum absolute atomic E-state index is 0.0840. The Balaban J connectivity index is 1.77. The molecule has 1 aliphatic heterocycles. The lowest BCUT2D eigenvalue weighted by molar-refractivity contribution is -0.116. The molecule has 1 amide bonds. The first-order valence-electron chi connectivity index (χ1n) is 6.06. The van der Waals surface area contributed by atoms with E-state index >= 15 is 0 Å². The number of carbonyl (C=O) groups is 1. The standard InChI is InChI=1S/C12H12N4O3S/c1-7-5-13-12-16(11(7)18)8(6-20-12)4-10(17)14-9-2-3-19-15-9/h2-3,5,8H,4,6H2,1H3,(H,14,15,17)/t8-/m1/s1. The lowest BCUT2D eigenvalue weighted by atomic mass is 10.2. The second-order valence-electron chi connectivity index (χ2n) is 4.50. The van der Waals surface area contributed by atoms with Crippen molar-refractivity contribution >= 4 is 23.5 Å². The number of carbonyl (C=O) groups excluding carboxylic acids is 1. The van der Waals surface area contributed by atoms with Gasteiger partial charge in [-0.3, -0.25) is 14.2 Å². The third-order valence-corrected chi connectivity index (χ3v) is 4.14. The number of amides is 1. The van der Waals surface area contributed by atoms with Crippen molar-refractivity contribution in [3.63, 3.8) is 0 Å². The van der Waals surface area contributed by atoms with Crippen molar-refractivity contribution in [1.29, 1.82) is 0 Å². The van der Waals surface area contributed by atoms with Crippen LogP contribution < -0.4 is 10.9 Å². The zero-order valence-electron chi connectivity index (χ0n) is 10.7. The summed E-state index contributed by atoms with van der Waals surface area (Å²) in [5, 5.41) is 6.91. The first-order valence-corrected chi connectivity index (χ1v) is 7.05. The topological polar surface area (TPSA) is 90.0 Å². The first-order chi connectivity index (χ1) is 9.65. The lowest BCUT2D eigenvalue weighted by Gasteiger charge is -2.12. The van der Waals surface area contributed by atoms with Crippen molar-refractivity contribution < 1.29 is 9.32 Å². The van der Waals surface area contributed by atoms with Crippen LogP contribution in [-0.4, -0.2) is 26.4 Å². The number of hydrogen-bond donors (Lipinski definition) is 1. The van der Waals surface area contributed by atoms with Crippen LogP contribution in [0.1, 0.15) is 18.0 Å². The Bertz CT molecular complexity index is 695. The number of nitrogens with zero attached hydrogens (tertiary/aromatic N) is 3. The second kappa shape index (κ2) is 5.12. The molecule has 0 radical (unpaired) electrons. The molecule has 0 bridgehead atoms. The van der Waals surface area contributed by atoms with Gasteiger partial charge in [-0.15, -0.1) is 0 Å². The summed E-state index contributed by atoms with van der Waals surface area (Å²) in [6.07, 6.45) is 3.16. The smallest absolute Gasteiger partial charge is 0.257 e. The molecule has 20 heavy (non-hydrogen) atoms. The fraction of sp³-hybridized carbons (Fsp3) is 0.333. The normalized spacial score (nSPS) is 16.9. The van der Waals surface area contributed by atoms with Crippen molar-refractivity contribution in [3.8, 4) is 0 Å². The number of hydrogen-bond acceptors (Lipinski definition) is 6. The third-order valence-electron chi connectivity index (χ3n) is 3.03. The lowest BCUT2D eigenvalue weighted by Crippen LogP contribution is -2.28. The summed E-state index contributed by atoms with van der Waals surface area (Å²) < 4.78 is 6.24. The van der Waals surface area contributed by atoms with Crippen LogP contribution in [0.5, 0.6) is 0 Å². The molecular formula is C12H12N4O3S. The average Bonchev–Trinajstić information content (AvgIpc) is 3.04. The van der Waals surface area contributed by atoms with Crippen molar-refractivity contribution in [3.05, 3.63) is 34.4 Å². The Morgan fingerprint density at radius 1 is 1.65 bits per heavy atom. The van der Waals surface area contributed by atoms with Crippen molar-refractivity contribution in [2.24, 2.45) is 0 Å². The van der Waals surface area contributed by atoms with Gasteiger partial charge in [0.2, 0.25) is 5.91 Å². The summed E-state index contributed by atoms with van der Waals surface area (Å²) in [5.74, 6) is 0.833. The Kier molecular flexibility index (Phi) is 3.31. The van der Waals surface area contributed by atoms with E-state index in [1.54, 1.807) is 23.8 Å². The molecule has 0 aromatic carbocycles. The second-order valence-corrected chi connectivity index (χ2v) is 5.49. The zero-order chi connectivity index (χ0) is 14.1. The van der Waals surface area contributed by atoms with Crippen LogP contribution in [0.4, 0.5) is 5.82 Å². The molecule has 3 rings (SSSR count). The van der Waals surface area contributed by atoms with Crippen LogP contribution in [0.25, 0.3) is 0 Å². The molecule has 0 saturated heterocycles. The Hall–Kier alpha value is -2.09. The van der Waals surface area contributed by atoms with E-state index in [4.69, 9.17) is 0 Å². The first kappa shape index (κ1) is 12.9. The fourth-order valence-corrected chi connectivity index (χ4v) is 3.16. The molecule has 1 aliphatic rings. The molecule has 1 atom stereocenters. The Labute approximate surface area is 118 Å². The van der Waals surface area contributed by atoms with E-state index in [0.29, 0.717) is 22.3 Å². The molecule has 0 spiro atoms. The molecule has 0 saturated carbocycles. The highest BCUT2D eigenvalue weighted by molar-refractivity contribution is 7.99. The van der Waals surface area contributed by atoms with Gasteiger partial charge in [0, 0.05) is 30.0 Å². The van der Waals surface area contributed by atoms with Gasteiger partial charge in [-0.1, -0.05) is 16.9 Å². The zero-order valence-corrected chi connectivity index (χ0v) is 11.5. The van der Waals surface area contributed by atoms with Crippen molar-refractivity contribution in [2.75, 3.05) is 11.1 Å². The Morgan fingerprint density at radius 2 is 2.50 bits per heavy atom. The van der Waals surface area contributed by atoms with Crippen LogP contribution >= 0.6 is 11.8 Å². The molecule has 104 valence electrons. The average molecular weight is 292 g/mol. The number of thioether (sulfide) groups is 1. The van der Waals surface area contributed by atoms with Crippen LogP contribution in [0.3, 0.4) is 0 Å². The fourth-order valence-electron chi connectivity index (χ4n) is 2.06. The summed E-state index contributed by atoms with van der Waals surface area (Å²) in [4.78, 5) is 28.3. The largest absolute Gasteiger partial charge is 0.363 e. The van der Waals surface area contributed by atoms with Crippen LogP contribution in [0.2, 0.25) is 0 Å². The van der Waals surface area contributed by atoms with E-state index in [-0.39, 0.29) is 23.9 Å². The highest BCUT2D eigenvalue weighted by Gasteiger charge is 2.27. The number of rotatable bonds is 3. The van der Waals surface area contributed by atoms with E-state index in [1.165, 1.54) is 18.0 Å². The predicted molar refractivity (Wildman–Crippen MR) is 72.7 cm³/mol. The molecule has 7 nitrogen and oxygen atoms in total. The van der Waals surface area contributed by atoms with Gasteiger partial charge in [-0.05, 0) is 6.92 Å². The summed E-state index contributed by atoms with van der Waals surface area (Å²) in [5.41, 5.74) is 0.498. The van der Waals surface area contributed by atoms with E-state index in [9.17, 15) is 9.59 Å². The van der Waals surface area contributed by atoms with Crippen LogP contribution in [0, 0.1) is 6.92 Å². The number of nitrogens with one attached hydrogen (secondary N) is 1. The highest BCUT2D eigenvalue weighted by atomic mass is 32.2. The molecule has 2 aromatic heterocycles. The van der Waals surface area contributed by atoms with Crippen LogP contribution in [0.15, 0.2) is 33.0 Å². The summed E-state index contributed by atoms with van der Waals surface area (Å²) in [7, 11) is 0. The number of aryl methyl sites for hydroxylation is 1. The van der Waals surface area contributed by atoms with E-state index in [0.717, 1.165) is 0 Å². The van der Waals surface area contributed by atoms with Gasteiger partial charge in [0.05, 0.1) is 6.04 Å². The van der Waals surface area contributed by atoms with E-state index in [1.807, 2.05) is 0 Å². The van der Waals surface area contributed by atoms with Crippen molar-refractivity contribution in [2.45, 2.75) is 24.5 Å². The predicted octanol–water partition coefficient (Wildman–Crippen LogP) is 1.22. The number of aromatic nitrogens is 3. The monoisotopic (exact) mass is 292 g/mol. The molecular weight excluding hydrogens is 280 g/mol. The minimum atomic E-state index is -0.203. The maximum absolute atomic E-state index is 12.1. The van der Waals surface area contributed by atoms with Crippen molar-refractivity contribution in [1.82, 2.24) is 14.7 Å². The maximum Gasteiger partial charge on any atom is 0.257 e. The summed E-state index contributed by atoms with van der Waals surface area (Å²) in [6, 6.07) is 1.38. The van der Waals surface area contributed by atoms with Gasteiger partial charge in [0.25, 0.3) is 5.56 Å². The molecule has 1 N–H and O–H groups in total. The minimum Gasteiger partial charge on any atom is -0.363 e. The molecule has 8 heteroatoms. The number of fused-ring (bicyclic) bond motifs is 1. The van der Waals surface area contributed by atoms with Gasteiger partial charge >= 0.3 is 0 Å². The Morgan fingerprint density at radius 3 is 3.25 bits per heavy atom. The molecule has 2 aromatic rings. The van der Waals surface area contributed by atoms with Crippen LogP contribution in [-0.2, 0) is 4.79 Å². The third kappa shape index (κ3) is 2.34. The number of anilines is 1. The van der Waals surface area contributed by atoms with Gasteiger partial charge in [0.1, 0.15) is 6.26 Å². The van der Waals surface area contributed by atoms with Gasteiger partial charge in [0.15, 0.2) is 11.0 Å².